The number of aromatic nitrogens is 1. The zero-order valence-electron chi connectivity index (χ0n) is 34.0. The number of hydrogen-bond donors (Lipinski definition) is 3. The van der Waals surface area contributed by atoms with Gasteiger partial charge in [0.2, 0.25) is 0 Å². The van der Waals surface area contributed by atoms with Gasteiger partial charge in [-0.2, -0.15) is 8.42 Å². The van der Waals surface area contributed by atoms with E-state index in [1.54, 1.807) is 27.5 Å². The van der Waals surface area contributed by atoms with E-state index in [1.165, 1.54) is 0 Å². The first-order chi connectivity index (χ1) is 28.0. The van der Waals surface area contributed by atoms with Crippen LogP contribution < -0.4 is 34.9 Å². The maximum absolute atomic E-state index is 13.4. The molecule has 1 aromatic heterocycles. The van der Waals surface area contributed by atoms with Crippen molar-refractivity contribution < 1.29 is 46.4 Å². The molecule has 0 aliphatic rings. The van der Waals surface area contributed by atoms with Gasteiger partial charge in [0.05, 0.1) is 64.3 Å². The smallest absolute Gasteiger partial charge is 0.335 e. The van der Waals surface area contributed by atoms with Gasteiger partial charge in [-0.05, 0) is 59.0 Å². The zero-order valence-corrected chi connectivity index (χ0v) is 34.8. The monoisotopic (exact) mass is 816 g/mol. The molecule has 0 saturated heterocycles. The van der Waals surface area contributed by atoms with E-state index in [-0.39, 0.29) is 5.41 Å². The molecule has 15 heteroatoms. The Morgan fingerprint density at radius 2 is 1.36 bits per heavy atom. The third-order valence-electron chi connectivity index (χ3n) is 8.69. The molecule has 0 fully saturated rings. The predicted molar refractivity (Wildman–Crippen MR) is 226 cm³/mol. The SMILES string of the molecule is CNc1cc(C(C)(C)C)cc(NC(=O)Nc2ccc(Oc3ccnc(Cc4cc(OC)cc(OCCOCCOCCOC)c4)c3)c3ccccc23)c1OC.O=S=O. The molecule has 5 rings (SSSR count). The number of carbonyl (C=O) groups is 1. The molecule has 310 valence electrons. The predicted octanol–water partition coefficient (Wildman–Crippen LogP) is 8.01. The number of fused-ring (bicyclic) bond motifs is 1. The molecule has 1 heterocycles. The minimum Gasteiger partial charge on any atom is -0.497 e. The Hall–Kier alpha value is -5.74. The highest BCUT2D eigenvalue weighted by Gasteiger charge is 2.21. The van der Waals surface area contributed by atoms with E-state index in [0.717, 1.165) is 33.3 Å². The summed E-state index contributed by atoms with van der Waals surface area (Å²) in [5.41, 5.74) is 4.66. The third kappa shape index (κ3) is 13.4. The molecule has 58 heavy (non-hydrogen) atoms. The van der Waals surface area contributed by atoms with Crippen molar-refractivity contribution in [3.63, 3.8) is 0 Å². The molecule has 14 nitrogen and oxygen atoms in total. The summed E-state index contributed by atoms with van der Waals surface area (Å²) in [7, 11) is 6.68. The summed E-state index contributed by atoms with van der Waals surface area (Å²) in [6.07, 6.45) is 2.25. The van der Waals surface area contributed by atoms with Gasteiger partial charge in [0.1, 0.15) is 29.6 Å². The van der Waals surface area contributed by atoms with Crippen molar-refractivity contribution in [2.45, 2.75) is 32.6 Å². The summed E-state index contributed by atoms with van der Waals surface area (Å²) in [5, 5.41) is 10.9. The minimum absolute atomic E-state index is 0.142. The van der Waals surface area contributed by atoms with Crippen molar-refractivity contribution in [3.8, 4) is 28.7 Å². The summed E-state index contributed by atoms with van der Waals surface area (Å²) in [5.74, 6) is 3.17. The van der Waals surface area contributed by atoms with Gasteiger partial charge in [0, 0.05) is 55.4 Å². The lowest BCUT2D eigenvalue weighted by Crippen LogP contribution is -2.21. The fraction of sp³-hybridized carbons (Fsp3) is 0.349. The largest absolute Gasteiger partial charge is 0.497 e. The topological polar surface area (TPSA) is 165 Å². The van der Waals surface area contributed by atoms with E-state index in [1.807, 2.05) is 85.9 Å². The van der Waals surface area contributed by atoms with E-state index < -0.39 is 17.6 Å². The minimum atomic E-state index is -0.750. The molecule has 5 aromatic rings. The maximum Gasteiger partial charge on any atom is 0.335 e. The summed E-state index contributed by atoms with van der Waals surface area (Å²) in [6.45, 7) is 9.27. The van der Waals surface area contributed by atoms with Gasteiger partial charge in [0.15, 0.2) is 5.75 Å². The third-order valence-corrected chi connectivity index (χ3v) is 8.69. The van der Waals surface area contributed by atoms with E-state index in [2.05, 4.69) is 41.7 Å². The highest BCUT2D eigenvalue weighted by atomic mass is 32.1. The van der Waals surface area contributed by atoms with Crippen LogP contribution in [0, 0.1) is 0 Å². The van der Waals surface area contributed by atoms with Gasteiger partial charge in [0.25, 0.3) is 0 Å². The molecule has 0 bridgehead atoms. The molecule has 2 amide bonds. The van der Waals surface area contributed by atoms with Crippen LogP contribution >= 0.6 is 0 Å². The van der Waals surface area contributed by atoms with Gasteiger partial charge in [-0.1, -0.05) is 45.0 Å². The van der Waals surface area contributed by atoms with Crippen LogP contribution in [-0.2, 0) is 37.6 Å². The Kier molecular flexibility index (Phi) is 17.7. The molecule has 0 unspecified atom stereocenters. The van der Waals surface area contributed by atoms with E-state index in [9.17, 15) is 4.79 Å². The van der Waals surface area contributed by atoms with Crippen LogP contribution in [-0.4, -0.2) is 87.5 Å². The molecule has 3 N–H and O–H groups in total. The number of methoxy groups -OCH3 is 3. The van der Waals surface area contributed by atoms with Gasteiger partial charge in [-0.3, -0.25) is 4.98 Å². The van der Waals surface area contributed by atoms with Crippen LogP contribution in [0.5, 0.6) is 28.7 Å². The Labute approximate surface area is 343 Å². The Morgan fingerprint density at radius 1 is 0.707 bits per heavy atom. The molecule has 0 spiro atoms. The number of hydrogen-bond acceptors (Lipinski definition) is 12. The first-order valence-corrected chi connectivity index (χ1v) is 19.2. The summed E-state index contributed by atoms with van der Waals surface area (Å²) < 4.78 is 56.2. The molecular weight excluding hydrogens is 765 g/mol. The van der Waals surface area contributed by atoms with Gasteiger partial charge in [-0.25, -0.2) is 4.79 Å². The highest BCUT2D eigenvalue weighted by Crippen LogP contribution is 2.39. The molecule has 4 aromatic carbocycles. The summed E-state index contributed by atoms with van der Waals surface area (Å²) >= 11 is -0.750. The van der Waals surface area contributed by atoms with Crippen molar-refractivity contribution in [2.75, 3.05) is 84.0 Å². The molecule has 0 aliphatic heterocycles. The second-order valence-electron chi connectivity index (χ2n) is 13.8. The number of urea groups is 1. The average molecular weight is 817 g/mol. The lowest BCUT2D eigenvalue weighted by molar-refractivity contribution is 0.0179. The average Bonchev–Trinajstić information content (AvgIpc) is 3.20. The number of ether oxygens (including phenoxy) is 7. The fourth-order valence-electron chi connectivity index (χ4n) is 5.87. The Balaban J connectivity index is 0.00000240. The standard InChI is InChI=1S/C43H52N4O8.O2S/c1-43(2,3)30-25-38(44-4)41(51-7)39(26-30)47-42(48)46-37-12-13-40(36-11-9-8-10-35(36)37)55-32-14-15-45-31(27-32)22-29-23-33(50-6)28-34(24-29)54-21-20-53-19-18-52-17-16-49-5;1-3-2/h8-15,23-28,44H,16-22H2,1-7H3,(H2,46,47,48);. The van der Waals surface area contributed by atoms with Crippen LogP contribution in [0.2, 0.25) is 0 Å². The quantitative estimate of drug-likeness (QED) is 0.0689. The first kappa shape index (κ1) is 45.0. The van der Waals surface area contributed by atoms with Crippen molar-refractivity contribution in [1.82, 2.24) is 4.98 Å². The Morgan fingerprint density at radius 3 is 2.03 bits per heavy atom. The second-order valence-corrected chi connectivity index (χ2v) is 13.9. The normalized spacial score (nSPS) is 10.9. The number of benzene rings is 4. The number of anilines is 3. The number of carbonyl (C=O) groups excluding carboxylic acids is 1. The number of amides is 2. The first-order valence-electron chi connectivity index (χ1n) is 18.5. The van der Waals surface area contributed by atoms with E-state index in [4.69, 9.17) is 41.6 Å². The van der Waals surface area contributed by atoms with Gasteiger partial charge >= 0.3 is 17.6 Å². The summed E-state index contributed by atoms with van der Waals surface area (Å²) in [6, 6.07) is 24.5. The number of rotatable bonds is 19. The van der Waals surface area contributed by atoms with E-state index in [0.29, 0.717) is 86.2 Å². The van der Waals surface area contributed by atoms with Crippen LogP contribution in [0.1, 0.15) is 37.6 Å². The lowest BCUT2D eigenvalue weighted by atomic mass is 9.86. The van der Waals surface area contributed by atoms with Crippen molar-refractivity contribution in [1.29, 1.82) is 0 Å². The molecule has 0 atom stereocenters. The highest BCUT2D eigenvalue weighted by molar-refractivity contribution is 7.51. The van der Waals surface area contributed by atoms with Crippen LogP contribution in [0.3, 0.4) is 0 Å². The fourth-order valence-corrected chi connectivity index (χ4v) is 5.87. The number of pyridine rings is 1. The van der Waals surface area contributed by atoms with Gasteiger partial charge in [-0.15, -0.1) is 0 Å². The number of nitrogens with zero attached hydrogens (tertiary/aromatic N) is 1. The van der Waals surface area contributed by atoms with Crippen LogP contribution in [0.15, 0.2) is 85.1 Å². The number of nitrogens with one attached hydrogen (secondary N) is 3. The lowest BCUT2D eigenvalue weighted by Gasteiger charge is -2.23. The van der Waals surface area contributed by atoms with Crippen molar-refractivity contribution in [2.24, 2.45) is 0 Å². The summed E-state index contributed by atoms with van der Waals surface area (Å²) in [4.78, 5) is 18.0. The van der Waals surface area contributed by atoms with Crippen LogP contribution in [0.25, 0.3) is 10.8 Å². The second kappa shape index (κ2) is 22.9. The Bertz CT molecular complexity index is 2140. The molecule has 0 aliphatic carbocycles. The molecule has 0 saturated carbocycles. The van der Waals surface area contributed by atoms with Gasteiger partial charge < -0.3 is 49.1 Å². The van der Waals surface area contributed by atoms with Crippen LogP contribution in [0.4, 0.5) is 21.9 Å². The maximum atomic E-state index is 13.4. The van der Waals surface area contributed by atoms with Crippen molar-refractivity contribution >= 4 is 45.4 Å². The van der Waals surface area contributed by atoms with E-state index >= 15 is 0 Å². The zero-order chi connectivity index (χ0) is 41.9. The molecule has 0 radical (unpaired) electrons. The molecular formula is C43H52N4O10S. The van der Waals surface area contributed by atoms with Crippen molar-refractivity contribution in [3.05, 3.63) is 102 Å².